The fourth-order valence-corrected chi connectivity index (χ4v) is 2.71. The van der Waals surface area contributed by atoms with Gasteiger partial charge in [-0.25, -0.2) is 0 Å². The van der Waals surface area contributed by atoms with E-state index in [2.05, 4.69) is 26.2 Å². The molecule has 120 valence electrons. The second-order valence-electron chi connectivity index (χ2n) is 5.67. The molecule has 0 fully saturated rings. The summed E-state index contributed by atoms with van der Waals surface area (Å²) in [6, 6.07) is 2.07. The Labute approximate surface area is 133 Å². The molecule has 1 amide bonds. The van der Waals surface area contributed by atoms with Crippen molar-refractivity contribution in [1.29, 1.82) is 5.26 Å². The number of aryl methyl sites for hydroxylation is 2. The van der Waals surface area contributed by atoms with Gasteiger partial charge in [-0.2, -0.15) is 5.26 Å². The SMILES string of the molecule is Cc1oc(NC(=O)CN2CCn3c(C)nnc3C2)c(C#N)c1C. The van der Waals surface area contributed by atoms with E-state index in [9.17, 15) is 4.79 Å². The summed E-state index contributed by atoms with van der Waals surface area (Å²) in [5.74, 6) is 2.41. The summed E-state index contributed by atoms with van der Waals surface area (Å²) in [5.41, 5.74) is 1.13. The summed E-state index contributed by atoms with van der Waals surface area (Å²) in [7, 11) is 0. The average molecular weight is 314 g/mol. The van der Waals surface area contributed by atoms with Crippen LogP contribution in [0.25, 0.3) is 0 Å². The normalized spacial score (nSPS) is 14.3. The zero-order chi connectivity index (χ0) is 16.6. The first kappa shape index (κ1) is 15.2. The van der Waals surface area contributed by atoms with E-state index in [0.717, 1.165) is 30.3 Å². The van der Waals surface area contributed by atoms with Gasteiger partial charge in [0.15, 0.2) is 0 Å². The summed E-state index contributed by atoms with van der Waals surface area (Å²) in [5, 5.41) is 20.0. The molecule has 0 saturated carbocycles. The third kappa shape index (κ3) is 2.83. The Morgan fingerprint density at radius 2 is 2.13 bits per heavy atom. The van der Waals surface area contributed by atoms with Gasteiger partial charge in [-0.3, -0.25) is 15.0 Å². The van der Waals surface area contributed by atoms with Crippen molar-refractivity contribution in [2.24, 2.45) is 0 Å². The number of fused-ring (bicyclic) bond motifs is 1. The van der Waals surface area contributed by atoms with Crippen LogP contribution in [-0.2, 0) is 17.9 Å². The molecule has 0 atom stereocenters. The third-order valence-electron chi connectivity index (χ3n) is 4.13. The molecule has 0 spiro atoms. The molecule has 3 heterocycles. The molecule has 0 bridgehead atoms. The number of nitrogens with one attached hydrogen (secondary N) is 1. The summed E-state index contributed by atoms with van der Waals surface area (Å²) in [6.07, 6.45) is 0. The van der Waals surface area contributed by atoms with Gasteiger partial charge in [0.05, 0.1) is 13.1 Å². The summed E-state index contributed by atoms with van der Waals surface area (Å²) >= 11 is 0. The molecule has 0 aromatic carbocycles. The molecule has 23 heavy (non-hydrogen) atoms. The molecule has 1 aliphatic heterocycles. The first-order valence-electron chi connectivity index (χ1n) is 7.40. The van der Waals surface area contributed by atoms with Crippen LogP contribution in [0.2, 0.25) is 0 Å². The number of hydrogen-bond donors (Lipinski definition) is 1. The van der Waals surface area contributed by atoms with Crippen LogP contribution < -0.4 is 5.32 Å². The molecule has 3 rings (SSSR count). The maximum absolute atomic E-state index is 12.2. The number of furan rings is 1. The lowest BCUT2D eigenvalue weighted by atomic mass is 10.2. The van der Waals surface area contributed by atoms with Crippen LogP contribution in [0, 0.1) is 32.1 Å². The molecular weight excluding hydrogens is 296 g/mol. The van der Waals surface area contributed by atoms with Gasteiger partial charge >= 0.3 is 0 Å². The minimum atomic E-state index is -0.208. The third-order valence-corrected chi connectivity index (χ3v) is 4.13. The smallest absolute Gasteiger partial charge is 0.240 e. The molecular formula is C15H18N6O2. The van der Waals surface area contributed by atoms with E-state index in [-0.39, 0.29) is 18.3 Å². The predicted molar refractivity (Wildman–Crippen MR) is 81.6 cm³/mol. The van der Waals surface area contributed by atoms with Gasteiger partial charge in [0.1, 0.15) is 29.0 Å². The number of anilines is 1. The van der Waals surface area contributed by atoms with Crippen molar-refractivity contribution >= 4 is 11.8 Å². The standard InChI is InChI=1S/C15H18N6O2/c1-9-10(2)23-15(12(9)6-16)17-14(22)8-20-4-5-21-11(3)18-19-13(21)7-20/h4-5,7-8H2,1-3H3,(H,17,22). The number of carbonyl (C=O) groups is 1. The zero-order valence-corrected chi connectivity index (χ0v) is 13.4. The monoisotopic (exact) mass is 314 g/mol. The minimum absolute atomic E-state index is 0.208. The minimum Gasteiger partial charge on any atom is -0.444 e. The van der Waals surface area contributed by atoms with Crippen LogP contribution in [0.3, 0.4) is 0 Å². The fourth-order valence-electron chi connectivity index (χ4n) is 2.71. The zero-order valence-electron chi connectivity index (χ0n) is 13.4. The van der Waals surface area contributed by atoms with Crippen LogP contribution in [-0.4, -0.2) is 38.7 Å². The second-order valence-corrected chi connectivity index (χ2v) is 5.67. The number of carbonyl (C=O) groups excluding carboxylic acids is 1. The van der Waals surface area contributed by atoms with Crippen molar-refractivity contribution in [2.45, 2.75) is 33.9 Å². The number of rotatable bonds is 3. The maximum Gasteiger partial charge on any atom is 0.240 e. The van der Waals surface area contributed by atoms with Gasteiger partial charge < -0.3 is 8.98 Å². The highest BCUT2D eigenvalue weighted by molar-refractivity contribution is 5.92. The number of hydrogen-bond acceptors (Lipinski definition) is 6. The van der Waals surface area contributed by atoms with Crippen molar-refractivity contribution < 1.29 is 9.21 Å². The molecule has 1 N–H and O–H groups in total. The molecule has 2 aromatic rings. The molecule has 0 aliphatic carbocycles. The lowest BCUT2D eigenvalue weighted by Crippen LogP contribution is -2.39. The molecule has 8 nitrogen and oxygen atoms in total. The lowest BCUT2D eigenvalue weighted by Gasteiger charge is -2.26. The number of nitrogens with zero attached hydrogens (tertiary/aromatic N) is 5. The molecule has 1 aliphatic rings. The van der Waals surface area contributed by atoms with E-state index >= 15 is 0 Å². The molecule has 8 heteroatoms. The van der Waals surface area contributed by atoms with Crippen LogP contribution in [0.15, 0.2) is 4.42 Å². The van der Waals surface area contributed by atoms with Gasteiger partial charge in [0, 0.05) is 18.7 Å². The van der Waals surface area contributed by atoms with Crippen LogP contribution in [0.1, 0.15) is 28.5 Å². The first-order chi connectivity index (χ1) is 11.0. The van der Waals surface area contributed by atoms with Gasteiger partial charge in [0.25, 0.3) is 0 Å². The van der Waals surface area contributed by atoms with Crippen molar-refractivity contribution in [3.8, 4) is 6.07 Å². The van der Waals surface area contributed by atoms with E-state index in [4.69, 9.17) is 9.68 Å². The van der Waals surface area contributed by atoms with E-state index < -0.39 is 0 Å². The van der Waals surface area contributed by atoms with Crippen LogP contribution in [0.4, 0.5) is 5.88 Å². The van der Waals surface area contributed by atoms with E-state index in [1.807, 2.05) is 11.8 Å². The van der Waals surface area contributed by atoms with Crippen molar-refractivity contribution in [1.82, 2.24) is 19.7 Å². The Morgan fingerprint density at radius 3 is 2.87 bits per heavy atom. The topological polar surface area (TPSA) is 100.0 Å². The molecule has 0 unspecified atom stereocenters. The average Bonchev–Trinajstić information content (AvgIpc) is 3.00. The van der Waals surface area contributed by atoms with E-state index in [0.29, 0.717) is 17.9 Å². The summed E-state index contributed by atoms with van der Waals surface area (Å²) < 4.78 is 7.51. The molecule has 0 radical (unpaired) electrons. The van der Waals surface area contributed by atoms with E-state index in [1.165, 1.54) is 0 Å². The van der Waals surface area contributed by atoms with Crippen molar-refractivity contribution in [3.63, 3.8) is 0 Å². The van der Waals surface area contributed by atoms with Crippen molar-refractivity contribution in [3.05, 3.63) is 28.5 Å². The highest BCUT2D eigenvalue weighted by Crippen LogP contribution is 2.25. The van der Waals surface area contributed by atoms with E-state index in [1.54, 1.807) is 13.8 Å². The Hall–Kier alpha value is -2.66. The van der Waals surface area contributed by atoms with Crippen LogP contribution >= 0.6 is 0 Å². The number of nitriles is 1. The van der Waals surface area contributed by atoms with Crippen molar-refractivity contribution in [2.75, 3.05) is 18.4 Å². The largest absolute Gasteiger partial charge is 0.444 e. The van der Waals surface area contributed by atoms with Gasteiger partial charge in [-0.15, -0.1) is 10.2 Å². The van der Waals surface area contributed by atoms with Gasteiger partial charge in [-0.05, 0) is 20.8 Å². The van der Waals surface area contributed by atoms with Crippen LogP contribution in [0.5, 0.6) is 0 Å². The summed E-state index contributed by atoms with van der Waals surface area (Å²) in [6.45, 7) is 7.80. The van der Waals surface area contributed by atoms with Gasteiger partial charge in [-0.1, -0.05) is 0 Å². The first-order valence-corrected chi connectivity index (χ1v) is 7.40. The molecule has 0 saturated heterocycles. The quantitative estimate of drug-likeness (QED) is 0.911. The Kier molecular flexibility index (Phi) is 3.88. The second kappa shape index (κ2) is 5.85. The Bertz CT molecular complexity index is 798. The number of aromatic nitrogens is 3. The lowest BCUT2D eigenvalue weighted by molar-refractivity contribution is -0.117. The maximum atomic E-state index is 12.2. The summed E-state index contributed by atoms with van der Waals surface area (Å²) in [4.78, 5) is 14.2. The highest BCUT2D eigenvalue weighted by atomic mass is 16.4. The highest BCUT2D eigenvalue weighted by Gasteiger charge is 2.23. The Morgan fingerprint density at radius 1 is 1.35 bits per heavy atom. The predicted octanol–water partition coefficient (Wildman–Crippen LogP) is 1.12. The fraction of sp³-hybridized carbons (Fsp3) is 0.467. The Balaban J connectivity index is 1.65. The van der Waals surface area contributed by atoms with Gasteiger partial charge in [0.2, 0.25) is 11.8 Å². The molecule has 2 aromatic heterocycles. The number of amides is 1.